The summed E-state index contributed by atoms with van der Waals surface area (Å²) >= 11 is 1.83. The highest BCUT2D eigenvalue weighted by atomic mass is 32.2. The normalized spacial score (nSPS) is 12.5. The highest BCUT2D eigenvalue weighted by Crippen LogP contribution is 2.24. The fraction of sp³-hybridized carbons (Fsp3) is 0.417. The van der Waals surface area contributed by atoms with Crippen molar-refractivity contribution in [1.82, 2.24) is 4.98 Å². The molecule has 0 fully saturated rings. The maximum Gasteiger partial charge on any atom is 0.295 e. The van der Waals surface area contributed by atoms with Gasteiger partial charge in [0, 0.05) is 23.9 Å². The third-order valence-corrected chi connectivity index (χ3v) is 3.67. The van der Waals surface area contributed by atoms with Gasteiger partial charge in [0.15, 0.2) is 5.58 Å². The molecule has 1 atom stereocenters. The summed E-state index contributed by atoms with van der Waals surface area (Å²) in [6.07, 6.45) is 0. The number of nitrogens with one attached hydrogen (secondary N) is 1. The van der Waals surface area contributed by atoms with E-state index >= 15 is 0 Å². The van der Waals surface area contributed by atoms with Crippen LogP contribution in [0.25, 0.3) is 11.1 Å². The Morgan fingerprint density at radius 2 is 2.37 bits per heavy atom. The minimum atomic E-state index is -0.443. The second-order valence-electron chi connectivity index (χ2n) is 4.13. The van der Waals surface area contributed by atoms with Gasteiger partial charge in [-0.2, -0.15) is 16.7 Å². The van der Waals surface area contributed by atoms with Gasteiger partial charge in [-0.15, -0.1) is 0 Å². The summed E-state index contributed by atoms with van der Waals surface area (Å²) < 4.78 is 5.50. The molecular formula is C12H15N3O3S. The Morgan fingerprint density at radius 1 is 1.58 bits per heavy atom. The zero-order chi connectivity index (χ0) is 13.8. The summed E-state index contributed by atoms with van der Waals surface area (Å²) in [5.41, 5.74) is 1.05. The van der Waals surface area contributed by atoms with Crippen LogP contribution in [0.4, 0.5) is 11.7 Å². The number of hydrogen-bond acceptors (Lipinski definition) is 6. The van der Waals surface area contributed by atoms with Gasteiger partial charge in [0.25, 0.3) is 11.7 Å². The Kier molecular flexibility index (Phi) is 4.26. The Morgan fingerprint density at radius 3 is 3.05 bits per heavy atom. The van der Waals surface area contributed by atoms with Gasteiger partial charge in [0.05, 0.1) is 4.92 Å². The van der Waals surface area contributed by atoms with Crippen LogP contribution in [0.2, 0.25) is 0 Å². The van der Waals surface area contributed by atoms with E-state index in [1.54, 1.807) is 6.07 Å². The predicted molar refractivity (Wildman–Crippen MR) is 76.7 cm³/mol. The van der Waals surface area contributed by atoms with E-state index in [2.05, 4.69) is 17.2 Å². The van der Waals surface area contributed by atoms with E-state index < -0.39 is 4.92 Å². The number of fused-ring (bicyclic) bond motifs is 1. The zero-order valence-corrected chi connectivity index (χ0v) is 11.6. The number of nitro groups is 1. The zero-order valence-electron chi connectivity index (χ0n) is 10.8. The first-order chi connectivity index (χ1) is 9.10. The molecule has 0 aliphatic carbocycles. The number of hydrogen-bond donors (Lipinski definition) is 1. The number of non-ortho nitro benzene ring substituents is 1. The van der Waals surface area contributed by atoms with Crippen molar-refractivity contribution in [2.75, 3.05) is 16.8 Å². The summed E-state index contributed by atoms with van der Waals surface area (Å²) in [6.45, 7) is 4.15. The van der Waals surface area contributed by atoms with E-state index in [4.69, 9.17) is 4.42 Å². The molecule has 7 heteroatoms. The van der Waals surface area contributed by atoms with Crippen LogP contribution in [-0.2, 0) is 0 Å². The first-order valence-corrected chi connectivity index (χ1v) is 7.15. The second kappa shape index (κ2) is 5.92. The molecule has 2 aromatic rings. The van der Waals surface area contributed by atoms with Crippen molar-refractivity contribution in [1.29, 1.82) is 0 Å². The highest BCUT2D eigenvalue weighted by molar-refractivity contribution is 7.99. The third kappa shape index (κ3) is 3.37. The van der Waals surface area contributed by atoms with Gasteiger partial charge in [-0.05, 0) is 18.7 Å². The Labute approximate surface area is 114 Å². The SMILES string of the molecule is CCSCC(C)Nc1nc2cc([N+](=O)[O-])ccc2o1. The van der Waals surface area contributed by atoms with Crippen molar-refractivity contribution in [2.24, 2.45) is 0 Å². The Balaban J connectivity index is 2.15. The van der Waals surface area contributed by atoms with Crippen molar-refractivity contribution in [3.63, 3.8) is 0 Å². The molecule has 6 nitrogen and oxygen atoms in total. The molecule has 2 rings (SSSR count). The lowest BCUT2D eigenvalue weighted by Gasteiger charge is -2.10. The number of thioether (sulfide) groups is 1. The average molecular weight is 281 g/mol. The van der Waals surface area contributed by atoms with Crippen LogP contribution in [0.1, 0.15) is 13.8 Å². The van der Waals surface area contributed by atoms with Crippen LogP contribution in [-0.4, -0.2) is 27.5 Å². The number of oxazole rings is 1. The number of nitro benzene ring substituents is 1. The standard InChI is InChI=1S/C12H15N3O3S/c1-3-19-7-8(2)13-12-14-10-6-9(15(16)17)4-5-11(10)18-12/h4-6,8H,3,7H2,1-2H3,(H,13,14). The van der Waals surface area contributed by atoms with Gasteiger partial charge in [-0.1, -0.05) is 6.92 Å². The molecule has 0 aliphatic rings. The van der Waals surface area contributed by atoms with Gasteiger partial charge >= 0.3 is 0 Å². The van der Waals surface area contributed by atoms with Crippen LogP contribution < -0.4 is 5.32 Å². The Hall–Kier alpha value is -1.76. The van der Waals surface area contributed by atoms with Crippen molar-refractivity contribution >= 4 is 34.6 Å². The minimum absolute atomic E-state index is 0.0157. The number of nitrogens with zero attached hydrogens (tertiary/aromatic N) is 2. The summed E-state index contributed by atoms with van der Waals surface area (Å²) in [4.78, 5) is 14.4. The monoisotopic (exact) mass is 281 g/mol. The molecule has 1 unspecified atom stereocenters. The number of aromatic nitrogens is 1. The molecule has 0 saturated heterocycles. The van der Waals surface area contributed by atoms with Crippen LogP contribution in [0, 0.1) is 10.1 Å². The molecule has 0 bridgehead atoms. The number of benzene rings is 1. The number of anilines is 1. The maximum atomic E-state index is 10.7. The van der Waals surface area contributed by atoms with Crippen molar-refractivity contribution in [3.05, 3.63) is 28.3 Å². The topological polar surface area (TPSA) is 81.2 Å². The van der Waals surface area contributed by atoms with Crippen molar-refractivity contribution < 1.29 is 9.34 Å². The number of rotatable bonds is 6. The van der Waals surface area contributed by atoms with Gasteiger partial charge in [-0.25, -0.2) is 0 Å². The Bertz CT molecular complexity index is 585. The lowest BCUT2D eigenvalue weighted by atomic mass is 10.3. The first kappa shape index (κ1) is 13.7. The molecule has 0 saturated carbocycles. The molecule has 0 aliphatic heterocycles. The van der Waals surface area contributed by atoms with Crippen LogP contribution in [0.5, 0.6) is 0 Å². The van der Waals surface area contributed by atoms with Crippen molar-refractivity contribution in [3.8, 4) is 0 Å². The van der Waals surface area contributed by atoms with Crippen molar-refractivity contribution in [2.45, 2.75) is 19.9 Å². The molecule has 0 spiro atoms. The summed E-state index contributed by atoms with van der Waals surface area (Å²) in [5, 5.41) is 13.8. The summed E-state index contributed by atoms with van der Waals surface area (Å²) in [7, 11) is 0. The second-order valence-corrected chi connectivity index (χ2v) is 5.45. The fourth-order valence-electron chi connectivity index (χ4n) is 1.64. The molecule has 1 aromatic heterocycles. The van der Waals surface area contributed by atoms with E-state index in [0.29, 0.717) is 17.1 Å². The lowest BCUT2D eigenvalue weighted by Crippen LogP contribution is -2.18. The van der Waals surface area contributed by atoms with Gasteiger partial charge in [0.1, 0.15) is 5.52 Å². The van der Waals surface area contributed by atoms with Crippen LogP contribution in [0.15, 0.2) is 22.6 Å². The van der Waals surface area contributed by atoms with E-state index in [1.807, 2.05) is 18.7 Å². The predicted octanol–water partition coefficient (Wildman–Crippen LogP) is 3.29. The highest BCUT2D eigenvalue weighted by Gasteiger charge is 2.12. The minimum Gasteiger partial charge on any atom is -0.424 e. The van der Waals surface area contributed by atoms with E-state index in [0.717, 1.165) is 11.5 Å². The van der Waals surface area contributed by atoms with Gasteiger partial charge in [-0.3, -0.25) is 10.1 Å². The first-order valence-electron chi connectivity index (χ1n) is 5.99. The molecule has 0 amide bonds. The largest absolute Gasteiger partial charge is 0.424 e. The summed E-state index contributed by atoms with van der Waals surface area (Å²) in [5.74, 6) is 2.02. The van der Waals surface area contributed by atoms with E-state index in [1.165, 1.54) is 12.1 Å². The van der Waals surface area contributed by atoms with Gasteiger partial charge < -0.3 is 9.73 Å². The van der Waals surface area contributed by atoms with Gasteiger partial charge in [0.2, 0.25) is 0 Å². The fourth-order valence-corrected chi connectivity index (χ4v) is 2.31. The smallest absolute Gasteiger partial charge is 0.295 e. The molecule has 102 valence electrons. The van der Waals surface area contributed by atoms with E-state index in [-0.39, 0.29) is 11.7 Å². The molecular weight excluding hydrogens is 266 g/mol. The maximum absolute atomic E-state index is 10.7. The third-order valence-electron chi connectivity index (χ3n) is 2.52. The molecule has 0 radical (unpaired) electrons. The van der Waals surface area contributed by atoms with E-state index in [9.17, 15) is 10.1 Å². The molecule has 1 heterocycles. The quantitative estimate of drug-likeness (QED) is 0.646. The molecule has 19 heavy (non-hydrogen) atoms. The lowest BCUT2D eigenvalue weighted by molar-refractivity contribution is -0.384. The van der Waals surface area contributed by atoms with Crippen LogP contribution in [0.3, 0.4) is 0 Å². The molecule has 1 aromatic carbocycles. The summed E-state index contributed by atoms with van der Waals surface area (Å²) in [6, 6.07) is 5.02. The average Bonchev–Trinajstić information content (AvgIpc) is 2.77. The molecule has 1 N–H and O–H groups in total. The van der Waals surface area contributed by atoms with Crippen LogP contribution >= 0.6 is 11.8 Å².